The van der Waals surface area contributed by atoms with Gasteiger partial charge in [0, 0.05) is 28.3 Å². The number of benzene rings is 5. The van der Waals surface area contributed by atoms with Gasteiger partial charge in [-0.1, -0.05) is 91.0 Å². The Morgan fingerprint density at radius 2 is 1.34 bits per heavy atom. The molecule has 0 spiro atoms. The average Bonchev–Trinajstić information content (AvgIpc) is 3.58. The molecule has 5 nitrogen and oxygen atoms in total. The van der Waals surface area contributed by atoms with E-state index in [1.807, 2.05) is 60.8 Å². The van der Waals surface area contributed by atoms with Crippen molar-refractivity contribution < 1.29 is 4.42 Å². The van der Waals surface area contributed by atoms with E-state index in [4.69, 9.17) is 19.4 Å². The molecule has 1 unspecified atom stereocenters. The van der Waals surface area contributed by atoms with Crippen LogP contribution in [0.2, 0.25) is 0 Å². The number of hydrogen-bond acceptors (Lipinski definition) is 5. The van der Waals surface area contributed by atoms with Gasteiger partial charge in [0.15, 0.2) is 17.5 Å². The summed E-state index contributed by atoms with van der Waals surface area (Å²) in [5.41, 5.74) is 8.79. The van der Waals surface area contributed by atoms with Crippen LogP contribution in [0, 0.1) is 0 Å². The maximum absolute atomic E-state index is 6.19. The molecule has 9 rings (SSSR count). The number of hydrogen-bond donors (Lipinski definition) is 1. The number of furan rings is 1. The van der Waals surface area contributed by atoms with Crippen LogP contribution in [0.3, 0.4) is 0 Å². The molecule has 0 saturated heterocycles. The molecular formula is C36H22N4O. The lowest BCUT2D eigenvalue weighted by atomic mass is 9.98. The molecule has 192 valence electrons. The highest BCUT2D eigenvalue weighted by Gasteiger charge is 2.29. The summed E-state index contributed by atoms with van der Waals surface area (Å²) >= 11 is 0. The van der Waals surface area contributed by atoms with Gasteiger partial charge >= 0.3 is 0 Å². The first-order chi connectivity index (χ1) is 20.3. The van der Waals surface area contributed by atoms with E-state index in [0.29, 0.717) is 17.5 Å². The maximum Gasteiger partial charge on any atom is 0.163 e. The summed E-state index contributed by atoms with van der Waals surface area (Å²) in [5, 5.41) is 7.02. The molecule has 0 bridgehead atoms. The summed E-state index contributed by atoms with van der Waals surface area (Å²) < 4.78 is 6.19. The Hall–Kier alpha value is -5.55. The SMILES string of the molecule is C1=Cc2oc3ccccc3c2C(c2nc(-c3ccccc3)nc(-c3cc4c5c(cccc5c3)-c3ccccc3-4)n2)N1. The minimum absolute atomic E-state index is 0.286. The Bertz CT molecular complexity index is 2200. The second-order valence-electron chi connectivity index (χ2n) is 10.5. The molecule has 5 aromatic carbocycles. The highest BCUT2D eigenvalue weighted by molar-refractivity contribution is 6.16. The highest BCUT2D eigenvalue weighted by atomic mass is 16.3. The van der Waals surface area contributed by atoms with Crippen LogP contribution >= 0.6 is 0 Å². The Morgan fingerprint density at radius 3 is 2.22 bits per heavy atom. The van der Waals surface area contributed by atoms with E-state index < -0.39 is 0 Å². The van der Waals surface area contributed by atoms with E-state index in [1.165, 1.54) is 33.0 Å². The molecule has 3 heterocycles. The molecule has 0 radical (unpaired) electrons. The first-order valence-corrected chi connectivity index (χ1v) is 13.7. The lowest BCUT2D eigenvalue weighted by molar-refractivity contribution is 0.574. The number of fused-ring (bicyclic) bond motifs is 6. The third-order valence-corrected chi connectivity index (χ3v) is 8.13. The molecule has 0 fully saturated rings. The normalized spacial score (nSPS) is 14.7. The fraction of sp³-hybridized carbons (Fsp3) is 0.0278. The van der Waals surface area contributed by atoms with Crippen molar-refractivity contribution in [3.8, 4) is 45.0 Å². The van der Waals surface area contributed by atoms with Gasteiger partial charge in [-0.3, -0.25) is 0 Å². The van der Waals surface area contributed by atoms with Gasteiger partial charge in [0.05, 0.1) is 0 Å². The van der Waals surface area contributed by atoms with Crippen LogP contribution in [-0.4, -0.2) is 15.0 Å². The first kappa shape index (κ1) is 22.3. The van der Waals surface area contributed by atoms with Crippen molar-refractivity contribution in [3.05, 3.63) is 133 Å². The summed E-state index contributed by atoms with van der Waals surface area (Å²) in [6.07, 6.45) is 3.88. The van der Waals surface area contributed by atoms with Crippen molar-refractivity contribution in [1.29, 1.82) is 0 Å². The third-order valence-electron chi connectivity index (χ3n) is 8.13. The minimum atomic E-state index is -0.286. The largest absolute Gasteiger partial charge is 0.456 e. The average molecular weight is 527 g/mol. The van der Waals surface area contributed by atoms with E-state index >= 15 is 0 Å². The second kappa shape index (κ2) is 8.47. The van der Waals surface area contributed by atoms with Crippen molar-refractivity contribution >= 4 is 27.8 Å². The first-order valence-electron chi connectivity index (χ1n) is 13.7. The van der Waals surface area contributed by atoms with Gasteiger partial charge in [-0.05, 0) is 57.3 Å². The molecule has 1 aliphatic carbocycles. The Labute approximate surface area is 235 Å². The lowest BCUT2D eigenvalue weighted by Gasteiger charge is -2.20. The van der Waals surface area contributed by atoms with Crippen LogP contribution in [0.15, 0.2) is 120 Å². The summed E-state index contributed by atoms with van der Waals surface area (Å²) in [5.74, 6) is 2.76. The van der Waals surface area contributed by atoms with Crippen LogP contribution in [0.4, 0.5) is 0 Å². The second-order valence-corrected chi connectivity index (χ2v) is 10.5. The molecule has 1 atom stereocenters. The van der Waals surface area contributed by atoms with Gasteiger partial charge in [-0.2, -0.15) is 0 Å². The van der Waals surface area contributed by atoms with Crippen LogP contribution < -0.4 is 5.32 Å². The predicted molar refractivity (Wildman–Crippen MR) is 163 cm³/mol. The monoisotopic (exact) mass is 526 g/mol. The number of para-hydroxylation sites is 1. The molecule has 1 aliphatic heterocycles. The molecule has 7 aromatic rings. The van der Waals surface area contributed by atoms with Crippen molar-refractivity contribution in [3.63, 3.8) is 0 Å². The number of rotatable bonds is 3. The standard InChI is InChI=1S/C36H22N4O/c1-2-9-21(10-3-1)34-38-35(23-19-22-11-8-15-26-24-12-4-5-13-25(24)28(20-23)31(22)26)40-36(39-34)33-32-27-14-6-7-16-29(27)41-30(32)17-18-37-33/h1-20,33,37H. The van der Waals surface area contributed by atoms with Gasteiger partial charge in [0.1, 0.15) is 17.4 Å². The summed E-state index contributed by atoms with van der Waals surface area (Å²) in [6.45, 7) is 0. The van der Waals surface area contributed by atoms with E-state index in [0.717, 1.165) is 33.4 Å². The molecule has 2 aromatic heterocycles. The molecular weight excluding hydrogens is 504 g/mol. The van der Waals surface area contributed by atoms with Gasteiger partial charge in [-0.15, -0.1) is 0 Å². The fourth-order valence-corrected chi connectivity index (χ4v) is 6.33. The van der Waals surface area contributed by atoms with E-state index in [-0.39, 0.29) is 6.04 Å². The smallest absolute Gasteiger partial charge is 0.163 e. The summed E-state index contributed by atoms with van der Waals surface area (Å²) in [7, 11) is 0. The zero-order valence-corrected chi connectivity index (χ0v) is 21.9. The van der Waals surface area contributed by atoms with Crippen LogP contribution in [0.1, 0.15) is 23.2 Å². The summed E-state index contributed by atoms with van der Waals surface area (Å²) in [4.78, 5) is 15.2. The Balaban J connectivity index is 1.28. The number of nitrogens with zero attached hydrogens (tertiary/aromatic N) is 3. The fourth-order valence-electron chi connectivity index (χ4n) is 6.33. The van der Waals surface area contributed by atoms with Gasteiger partial charge in [-0.25, -0.2) is 15.0 Å². The molecule has 5 heteroatoms. The molecule has 0 amide bonds. The van der Waals surface area contributed by atoms with Gasteiger partial charge in [0.25, 0.3) is 0 Å². The Morgan fingerprint density at radius 1 is 0.610 bits per heavy atom. The quantitative estimate of drug-likeness (QED) is 0.250. The third kappa shape index (κ3) is 3.33. The van der Waals surface area contributed by atoms with Crippen molar-refractivity contribution in [2.24, 2.45) is 0 Å². The highest BCUT2D eigenvalue weighted by Crippen LogP contribution is 2.48. The van der Waals surface area contributed by atoms with Crippen molar-refractivity contribution in [1.82, 2.24) is 20.3 Å². The number of nitrogens with one attached hydrogen (secondary N) is 1. The zero-order valence-electron chi connectivity index (χ0n) is 21.9. The molecule has 2 aliphatic rings. The molecule has 41 heavy (non-hydrogen) atoms. The summed E-state index contributed by atoms with van der Waals surface area (Å²) in [6, 6.07) is 37.5. The van der Waals surface area contributed by atoms with Crippen LogP contribution in [-0.2, 0) is 0 Å². The van der Waals surface area contributed by atoms with Gasteiger partial charge in [0.2, 0.25) is 0 Å². The van der Waals surface area contributed by atoms with Crippen LogP contribution in [0.25, 0.3) is 72.8 Å². The molecule has 1 N–H and O–H groups in total. The zero-order chi connectivity index (χ0) is 26.9. The van der Waals surface area contributed by atoms with Crippen LogP contribution in [0.5, 0.6) is 0 Å². The predicted octanol–water partition coefficient (Wildman–Crippen LogP) is 8.42. The number of aromatic nitrogens is 3. The Kier molecular flexibility index (Phi) is 4.61. The van der Waals surface area contributed by atoms with Crippen molar-refractivity contribution in [2.45, 2.75) is 6.04 Å². The topological polar surface area (TPSA) is 63.8 Å². The molecule has 0 saturated carbocycles. The lowest BCUT2D eigenvalue weighted by Crippen LogP contribution is -2.23. The van der Waals surface area contributed by atoms with Gasteiger partial charge < -0.3 is 9.73 Å². The maximum atomic E-state index is 6.19. The van der Waals surface area contributed by atoms with Crippen molar-refractivity contribution in [2.75, 3.05) is 0 Å². The van der Waals surface area contributed by atoms with E-state index in [1.54, 1.807) is 0 Å². The van der Waals surface area contributed by atoms with E-state index in [2.05, 4.69) is 66.0 Å². The van der Waals surface area contributed by atoms with E-state index in [9.17, 15) is 0 Å². The minimum Gasteiger partial charge on any atom is -0.456 e.